The van der Waals surface area contributed by atoms with Gasteiger partial charge in [-0.25, -0.2) is 18.4 Å². The van der Waals surface area contributed by atoms with E-state index in [0.29, 0.717) is 11.5 Å². The smallest absolute Gasteiger partial charge is 0.238 e. The molecule has 8 heteroatoms. The second-order valence-electron chi connectivity index (χ2n) is 10.3. The van der Waals surface area contributed by atoms with Gasteiger partial charge in [0.05, 0.1) is 11.3 Å². The molecule has 4 rings (SSSR count). The van der Waals surface area contributed by atoms with Crippen molar-refractivity contribution >= 4 is 37.5 Å². The number of aromatic nitrogens is 3. The van der Waals surface area contributed by atoms with Crippen LogP contribution >= 0.6 is 11.3 Å². The average molecular weight is 525 g/mol. The first-order valence-corrected chi connectivity index (χ1v) is 14.8. The van der Waals surface area contributed by atoms with Crippen molar-refractivity contribution in [3.05, 3.63) is 63.9 Å². The lowest BCUT2D eigenvalue weighted by molar-refractivity contribution is 0.566. The van der Waals surface area contributed by atoms with E-state index in [1.54, 1.807) is 20.8 Å². The topological polar surface area (TPSA) is 76.9 Å². The number of nitrogens with zero attached hydrogens (tertiary/aromatic N) is 3. The highest BCUT2D eigenvalue weighted by Gasteiger charge is 2.30. The Morgan fingerprint density at radius 1 is 1.03 bits per heavy atom. The van der Waals surface area contributed by atoms with Crippen molar-refractivity contribution in [2.45, 2.75) is 79.0 Å². The van der Waals surface area contributed by atoms with Gasteiger partial charge in [-0.2, -0.15) is 0 Å². The van der Waals surface area contributed by atoms with Crippen LogP contribution in [0, 0.1) is 13.8 Å². The molecule has 0 saturated carbocycles. The minimum absolute atomic E-state index is 0.685. The van der Waals surface area contributed by atoms with Gasteiger partial charge >= 0.3 is 0 Å². The van der Waals surface area contributed by atoms with Crippen LogP contribution in [0.1, 0.15) is 68.6 Å². The summed E-state index contributed by atoms with van der Waals surface area (Å²) in [7, 11) is -3.52. The van der Waals surface area contributed by atoms with Crippen LogP contribution in [-0.4, -0.2) is 27.7 Å². The molecule has 1 N–H and O–H groups in total. The molecule has 0 bridgehead atoms. The molecule has 0 unspecified atom stereocenters. The highest BCUT2D eigenvalue weighted by atomic mass is 32.2. The standard InChI is InChI=1S/C28H36N4O2S2/c1-8-10-22-16-23(27(35-22)31-36(33,34)28(5,6)7)21-13-11-20(12-14-21)17-32-24(9-2)30-25-18(3)15-19(4)29-26(25)32/h11-16,31H,8-10,17H2,1-7H3. The number of hydrogen-bond acceptors (Lipinski definition) is 5. The van der Waals surface area contributed by atoms with E-state index in [0.717, 1.165) is 64.2 Å². The van der Waals surface area contributed by atoms with Gasteiger partial charge in [-0.05, 0) is 69.9 Å². The van der Waals surface area contributed by atoms with Crippen molar-refractivity contribution in [3.8, 4) is 11.1 Å². The van der Waals surface area contributed by atoms with Crippen LogP contribution in [0.5, 0.6) is 0 Å². The monoisotopic (exact) mass is 524 g/mol. The molecule has 0 atom stereocenters. The molecular formula is C28H36N4O2S2. The SMILES string of the molecule is CCCc1cc(-c2ccc(Cn3c(CC)nc4c(C)cc(C)nc43)cc2)c(NS(=O)(=O)C(C)(C)C)s1. The molecule has 3 heterocycles. The minimum Gasteiger partial charge on any atom is -0.308 e. The Morgan fingerprint density at radius 3 is 2.33 bits per heavy atom. The van der Waals surface area contributed by atoms with Crippen LogP contribution in [0.25, 0.3) is 22.3 Å². The molecule has 0 aliphatic carbocycles. The third-order valence-corrected chi connectivity index (χ3v) is 9.66. The quantitative estimate of drug-likeness (QED) is 0.273. The third-order valence-electron chi connectivity index (χ3n) is 6.34. The van der Waals surface area contributed by atoms with Crippen LogP contribution < -0.4 is 4.72 Å². The van der Waals surface area contributed by atoms with Crippen LogP contribution in [0.2, 0.25) is 0 Å². The molecule has 192 valence electrons. The van der Waals surface area contributed by atoms with E-state index in [9.17, 15) is 8.42 Å². The molecule has 0 spiro atoms. The van der Waals surface area contributed by atoms with Crippen molar-refractivity contribution in [2.24, 2.45) is 0 Å². The molecule has 0 fully saturated rings. The Balaban J connectivity index is 1.68. The van der Waals surface area contributed by atoms with Gasteiger partial charge in [0.1, 0.15) is 16.3 Å². The number of rotatable bonds is 8. The number of imidazole rings is 1. The van der Waals surface area contributed by atoms with E-state index < -0.39 is 14.8 Å². The lowest BCUT2D eigenvalue weighted by Crippen LogP contribution is -2.33. The van der Waals surface area contributed by atoms with Crippen molar-refractivity contribution in [3.63, 3.8) is 0 Å². The number of pyridine rings is 1. The van der Waals surface area contributed by atoms with Gasteiger partial charge in [0, 0.05) is 22.6 Å². The average Bonchev–Trinajstić information content (AvgIpc) is 3.34. The van der Waals surface area contributed by atoms with E-state index in [2.05, 4.69) is 66.5 Å². The highest BCUT2D eigenvalue weighted by molar-refractivity contribution is 7.94. The fraction of sp³-hybridized carbons (Fsp3) is 0.429. The Morgan fingerprint density at radius 2 is 1.72 bits per heavy atom. The Kier molecular flexibility index (Phi) is 7.30. The van der Waals surface area contributed by atoms with Gasteiger partial charge < -0.3 is 4.57 Å². The van der Waals surface area contributed by atoms with Crippen LogP contribution in [0.3, 0.4) is 0 Å². The number of sulfonamides is 1. The summed E-state index contributed by atoms with van der Waals surface area (Å²) in [5.41, 5.74) is 7.10. The van der Waals surface area contributed by atoms with Crippen molar-refractivity contribution in [1.82, 2.24) is 14.5 Å². The fourth-order valence-corrected chi connectivity index (χ4v) is 6.42. The van der Waals surface area contributed by atoms with Gasteiger partial charge in [-0.3, -0.25) is 4.72 Å². The molecule has 1 aromatic carbocycles. The Hall–Kier alpha value is -2.71. The second kappa shape index (κ2) is 9.98. The fourth-order valence-electron chi connectivity index (χ4n) is 4.23. The maximum Gasteiger partial charge on any atom is 0.238 e. The molecule has 0 aliphatic heterocycles. The zero-order valence-corrected chi connectivity index (χ0v) is 23.9. The third kappa shape index (κ3) is 5.20. The van der Waals surface area contributed by atoms with E-state index in [1.165, 1.54) is 16.2 Å². The lowest BCUT2D eigenvalue weighted by atomic mass is 10.1. The van der Waals surface area contributed by atoms with Crippen LogP contribution in [0.15, 0.2) is 36.4 Å². The summed E-state index contributed by atoms with van der Waals surface area (Å²) < 4.78 is 30.0. The molecule has 0 amide bonds. The molecular weight excluding hydrogens is 488 g/mol. The molecule has 0 radical (unpaired) electrons. The van der Waals surface area contributed by atoms with Gasteiger partial charge in [-0.1, -0.05) is 44.5 Å². The minimum atomic E-state index is -3.52. The molecule has 4 aromatic rings. The maximum atomic E-state index is 12.9. The Bertz CT molecular complexity index is 1490. The van der Waals surface area contributed by atoms with E-state index in [1.807, 2.05) is 6.92 Å². The normalized spacial score (nSPS) is 12.4. The molecule has 0 saturated heterocycles. The molecule has 6 nitrogen and oxygen atoms in total. The molecule has 36 heavy (non-hydrogen) atoms. The predicted octanol–water partition coefficient (Wildman–Crippen LogP) is 6.88. The van der Waals surface area contributed by atoms with Gasteiger partial charge in [0.25, 0.3) is 0 Å². The number of anilines is 1. The number of thiophene rings is 1. The maximum absolute atomic E-state index is 12.9. The van der Waals surface area contributed by atoms with E-state index in [4.69, 9.17) is 9.97 Å². The van der Waals surface area contributed by atoms with Crippen LogP contribution in [0.4, 0.5) is 5.00 Å². The summed E-state index contributed by atoms with van der Waals surface area (Å²) in [6.07, 6.45) is 2.77. The highest BCUT2D eigenvalue weighted by Crippen LogP contribution is 2.39. The first-order valence-electron chi connectivity index (χ1n) is 12.5. The zero-order chi connectivity index (χ0) is 26.3. The summed E-state index contributed by atoms with van der Waals surface area (Å²) in [6, 6.07) is 12.6. The zero-order valence-electron chi connectivity index (χ0n) is 22.3. The van der Waals surface area contributed by atoms with Crippen LogP contribution in [-0.2, 0) is 29.4 Å². The van der Waals surface area contributed by atoms with Crippen molar-refractivity contribution in [1.29, 1.82) is 0 Å². The van der Waals surface area contributed by atoms with Gasteiger partial charge in [0.2, 0.25) is 10.0 Å². The number of hydrogen-bond donors (Lipinski definition) is 1. The Labute approximate surface area is 218 Å². The van der Waals surface area contributed by atoms with Crippen molar-refractivity contribution < 1.29 is 8.42 Å². The van der Waals surface area contributed by atoms with E-state index >= 15 is 0 Å². The summed E-state index contributed by atoms with van der Waals surface area (Å²) in [4.78, 5) is 10.8. The first-order chi connectivity index (χ1) is 16.9. The number of benzene rings is 1. The molecule has 3 aromatic heterocycles. The summed E-state index contributed by atoms with van der Waals surface area (Å²) in [5.74, 6) is 1.02. The number of nitrogens with one attached hydrogen (secondary N) is 1. The van der Waals surface area contributed by atoms with Gasteiger partial charge in [0.15, 0.2) is 5.65 Å². The molecule has 0 aliphatic rings. The number of fused-ring (bicyclic) bond motifs is 1. The largest absolute Gasteiger partial charge is 0.308 e. The lowest BCUT2D eigenvalue weighted by Gasteiger charge is -2.20. The summed E-state index contributed by atoms with van der Waals surface area (Å²) in [5, 5.41) is 0.685. The van der Waals surface area contributed by atoms with Gasteiger partial charge in [-0.15, -0.1) is 11.3 Å². The second-order valence-corrected chi connectivity index (χ2v) is 13.9. The number of aryl methyl sites for hydroxylation is 4. The predicted molar refractivity (Wildman–Crippen MR) is 152 cm³/mol. The summed E-state index contributed by atoms with van der Waals surface area (Å²) >= 11 is 1.53. The van der Waals surface area contributed by atoms with Crippen molar-refractivity contribution in [2.75, 3.05) is 4.72 Å². The first kappa shape index (κ1) is 26.4. The summed E-state index contributed by atoms with van der Waals surface area (Å²) in [6.45, 7) is 14.2. The van der Waals surface area contributed by atoms with E-state index in [-0.39, 0.29) is 0 Å².